The highest BCUT2D eigenvalue weighted by Crippen LogP contribution is 2.03. The number of hydrogen-bond acceptors (Lipinski definition) is 0. The van der Waals surface area contributed by atoms with Gasteiger partial charge in [0.25, 0.3) is 0 Å². The second-order valence-electron chi connectivity index (χ2n) is 7.37. The van der Waals surface area contributed by atoms with Crippen LogP contribution in [0.5, 0.6) is 0 Å². The number of quaternary nitrogens is 3. The summed E-state index contributed by atoms with van der Waals surface area (Å²) in [5.41, 5.74) is 0. The summed E-state index contributed by atoms with van der Waals surface area (Å²) in [5, 5.41) is 0. The topological polar surface area (TPSA) is 0 Å². The van der Waals surface area contributed by atoms with Gasteiger partial charge in [-0.1, -0.05) is 7.43 Å². The van der Waals surface area contributed by atoms with E-state index in [0.717, 1.165) is 13.4 Å². The lowest BCUT2D eigenvalue weighted by Crippen LogP contribution is -2.54. The van der Waals surface area contributed by atoms with E-state index in [9.17, 15) is 0 Å². The van der Waals surface area contributed by atoms with Crippen molar-refractivity contribution >= 4 is 0 Å². The van der Waals surface area contributed by atoms with Crippen molar-refractivity contribution in [2.75, 3.05) is 82.1 Å². The van der Waals surface area contributed by atoms with E-state index in [1.54, 1.807) is 0 Å². The fraction of sp³-hybridized carbons (Fsp3) is 1.00. The summed E-state index contributed by atoms with van der Waals surface area (Å²) in [4.78, 5) is 0. The van der Waals surface area contributed by atoms with Gasteiger partial charge < -0.3 is 13.4 Å². The van der Waals surface area contributed by atoms with Crippen molar-refractivity contribution in [2.45, 2.75) is 14.4 Å². The molecule has 3 nitrogen and oxygen atoms in total. The van der Waals surface area contributed by atoms with Crippen LogP contribution in [0.25, 0.3) is 0 Å². The van der Waals surface area contributed by atoms with Crippen LogP contribution in [0.1, 0.15) is 14.4 Å². The van der Waals surface area contributed by atoms with Gasteiger partial charge in [0.2, 0.25) is 0 Å². The average Bonchev–Trinajstić information content (AvgIpc) is 2.12. The lowest BCUT2D eigenvalue weighted by molar-refractivity contribution is -0.963. The maximum atomic E-state index is 2.35. The van der Waals surface area contributed by atoms with Gasteiger partial charge in [0.1, 0.15) is 26.2 Å². The molecule has 0 saturated carbocycles. The number of likely N-dealkylation sites (N-methyl/N-ethyl adjacent to an activating group) is 3. The molecule has 0 heterocycles. The zero-order valence-corrected chi connectivity index (χ0v) is 12.9. The fourth-order valence-corrected chi connectivity index (χ4v) is 1.38. The van der Waals surface area contributed by atoms with Gasteiger partial charge in [-0.2, -0.15) is 0 Å². The summed E-state index contributed by atoms with van der Waals surface area (Å²) in [6, 6.07) is 0. The highest BCUT2D eigenvalue weighted by atomic mass is 15.4. The third-order valence-corrected chi connectivity index (χ3v) is 3.54. The van der Waals surface area contributed by atoms with Crippen LogP contribution in [0.15, 0.2) is 0 Å². The van der Waals surface area contributed by atoms with Crippen molar-refractivity contribution < 1.29 is 13.4 Å². The Bertz CT molecular complexity index is 202. The quantitative estimate of drug-likeness (QED) is 0.599. The molecule has 0 amide bonds. The normalized spacial score (nSPS) is 13.4. The summed E-state index contributed by atoms with van der Waals surface area (Å²) < 4.78 is 3.33. The molecule has 0 bridgehead atoms. The van der Waals surface area contributed by atoms with E-state index in [4.69, 9.17) is 0 Å². The summed E-state index contributed by atoms with van der Waals surface area (Å²) in [5.74, 6) is 0. The smallest absolute Gasteiger partial charge is 0.128 e. The van der Waals surface area contributed by atoms with Gasteiger partial charge in [-0.3, -0.25) is 0 Å². The molecule has 0 unspecified atom stereocenters. The lowest BCUT2D eigenvalue weighted by atomic mass is 10.3. The van der Waals surface area contributed by atoms with E-state index >= 15 is 0 Å². The Hall–Kier alpha value is -0.120. The molecular weight excluding hydrogens is 210 g/mol. The van der Waals surface area contributed by atoms with Crippen LogP contribution in [-0.4, -0.2) is 95.5 Å². The van der Waals surface area contributed by atoms with Crippen molar-refractivity contribution in [1.82, 2.24) is 0 Å². The summed E-state index contributed by atoms with van der Waals surface area (Å²) >= 11 is 0. The maximum Gasteiger partial charge on any atom is 0.128 e. The second-order valence-corrected chi connectivity index (χ2v) is 7.37. The molecule has 0 fully saturated rings. The highest BCUT2D eigenvalue weighted by molar-refractivity contribution is 4.36. The minimum absolute atomic E-state index is 0. The zero-order chi connectivity index (χ0) is 13.0. The van der Waals surface area contributed by atoms with Crippen molar-refractivity contribution in [1.29, 1.82) is 0 Å². The van der Waals surface area contributed by atoms with E-state index in [0.29, 0.717) is 0 Å². The number of rotatable bonds is 7. The van der Waals surface area contributed by atoms with Crippen molar-refractivity contribution in [2.24, 2.45) is 0 Å². The molecule has 0 aromatic carbocycles. The molecule has 0 rings (SSSR count). The molecule has 0 aromatic rings. The molecular formula is C14H38N3+3. The first-order valence-corrected chi connectivity index (χ1v) is 6.42. The molecule has 0 aliphatic rings. The molecule has 0 aliphatic heterocycles. The van der Waals surface area contributed by atoms with E-state index in [1.807, 2.05) is 0 Å². The van der Waals surface area contributed by atoms with E-state index in [1.165, 1.54) is 32.7 Å². The van der Waals surface area contributed by atoms with Gasteiger partial charge in [-0.25, -0.2) is 0 Å². The molecule has 0 saturated heterocycles. The Labute approximate surface area is 110 Å². The van der Waals surface area contributed by atoms with Crippen LogP contribution in [0.4, 0.5) is 0 Å². The summed E-state index contributed by atoms with van der Waals surface area (Å²) in [7, 11) is 16.2. The number of hydrogen-bond donors (Lipinski definition) is 0. The van der Waals surface area contributed by atoms with Crippen LogP contribution in [0.3, 0.4) is 0 Å². The Morgan fingerprint density at radius 1 is 0.588 bits per heavy atom. The predicted octanol–water partition coefficient (Wildman–Crippen LogP) is 1.50. The second kappa shape index (κ2) is 6.72. The largest absolute Gasteiger partial charge is 0.326 e. The third kappa shape index (κ3) is 10.7. The predicted molar refractivity (Wildman–Crippen MR) is 79.0 cm³/mol. The average molecular weight is 248 g/mol. The maximum absolute atomic E-state index is 2.35. The van der Waals surface area contributed by atoms with Gasteiger partial charge in [0, 0.05) is 0 Å². The molecule has 17 heavy (non-hydrogen) atoms. The Morgan fingerprint density at radius 3 is 1.29 bits per heavy atom. The van der Waals surface area contributed by atoms with Gasteiger partial charge in [-0.05, 0) is 6.92 Å². The Kier molecular flexibility index (Phi) is 7.60. The molecule has 0 aliphatic carbocycles. The molecule has 0 spiro atoms. The van der Waals surface area contributed by atoms with Crippen LogP contribution in [0, 0.1) is 0 Å². The van der Waals surface area contributed by atoms with Gasteiger partial charge >= 0.3 is 0 Å². The van der Waals surface area contributed by atoms with Crippen molar-refractivity contribution in [3.05, 3.63) is 0 Å². The molecule has 3 heteroatoms. The summed E-state index contributed by atoms with van der Waals surface area (Å²) in [6.07, 6.45) is 0. The van der Waals surface area contributed by atoms with Crippen LogP contribution >= 0.6 is 0 Å². The zero-order valence-electron chi connectivity index (χ0n) is 12.9. The summed E-state index contributed by atoms with van der Waals surface area (Å²) in [6.45, 7) is 8.52. The highest BCUT2D eigenvalue weighted by Gasteiger charge is 2.23. The molecule has 0 atom stereocenters. The van der Waals surface area contributed by atoms with E-state index in [-0.39, 0.29) is 7.43 Å². The van der Waals surface area contributed by atoms with Crippen molar-refractivity contribution in [3.63, 3.8) is 0 Å². The Morgan fingerprint density at radius 2 is 0.941 bits per heavy atom. The van der Waals surface area contributed by atoms with Crippen LogP contribution in [-0.2, 0) is 0 Å². The number of nitrogens with zero attached hydrogens (tertiary/aromatic N) is 3. The Balaban J connectivity index is 0. The minimum atomic E-state index is 0. The molecule has 0 aromatic heterocycles. The van der Waals surface area contributed by atoms with Crippen LogP contribution in [0.2, 0.25) is 0 Å². The third-order valence-electron chi connectivity index (χ3n) is 3.54. The van der Waals surface area contributed by atoms with Gasteiger partial charge in [0.05, 0.1) is 55.9 Å². The first kappa shape index (κ1) is 19.2. The minimum Gasteiger partial charge on any atom is -0.326 e. The van der Waals surface area contributed by atoms with Crippen LogP contribution < -0.4 is 0 Å². The first-order chi connectivity index (χ1) is 6.97. The van der Waals surface area contributed by atoms with E-state index in [2.05, 4.69) is 56.3 Å². The van der Waals surface area contributed by atoms with E-state index < -0.39 is 0 Å². The fourth-order valence-electron chi connectivity index (χ4n) is 1.38. The monoisotopic (exact) mass is 248 g/mol. The van der Waals surface area contributed by atoms with Gasteiger partial charge in [0.15, 0.2) is 0 Å². The SMILES string of the molecule is C.CC[N+](C)(C)CC[N+](C)(C)CC[N+](C)(C)C. The molecule has 106 valence electrons. The lowest BCUT2D eigenvalue weighted by Gasteiger charge is -2.36. The first-order valence-electron chi connectivity index (χ1n) is 6.42. The molecule has 0 radical (unpaired) electrons. The van der Waals surface area contributed by atoms with Crippen molar-refractivity contribution in [3.8, 4) is 0 Å². The molecule has 0 N–H and O–H groups in total. The van der Waals surface area contributed by atoms with Gasteiger partial charge in [-0.15, -0.1) is 0 Å². The standard InChI is InChI=1S/C13H34N3.CH4/c1-9-15(5,6)12-13-16(7,8)11-10-14(2,3)4;/h9-13H2,1-8H3;1H4/q+3;.